The molecule has 5 fully saturated rings. The number of hydrogen-bond acceptors (Lipinski definition) is 5. The number of nitrogens with zero attached hydrogens (tertiary/aromatic N) is 2. The molecule has 4 atom stereocenters. The number of hydrogen-bond donors (Lipinski definition) is 2. The number of aliphatic hydroxyl groups is 1. The smallest absolute Gasteiger partial charge is 0.249 e. The maximum atomic E-state index is 14.0. The number of amides is 2. The van der Waals surface area contributed by atoms with Gasteiger partial charge in [0.05, 0.1) is 16.5 Å². The van der Waals surface area contributed by atoms with Crippen LogP contribution in [0.25, 0.3) is 6.08 Å². The Labute approximate surface area is 197 Å². The van der Waals surface area contributed by atoms with Crippen molar-refractivity contribution in [1.82, 2.24) is 10.2 Å². The summed E-state index contributed by atoms with van der Waals surface area (Å²) in [6.07, 6.45) is 5.68. The minimum Gasteiger partial charge on any atom is -0.618 e. The second-order valence-electron chi connectivity index (χ2n) is 12.1. The van der Waals surface area contributed by atoms with Crippen LogP contribution in [0.3, 0.4) is 0 Å². The Hall–Kier alpha value is -2.87. The Balaban J connectivity index is 1.47. The van der Waals surface area contributed by atoms with Gasteiger partial charge in [-0.25, -0.2) is 0 Å². The lowest BCUT2D eigenvalue weighted by molar-refractivity contribution is -0.368. The van der Waals surface area contributed by atoms with Crippen LogP contribution < -0.4 is 10.1 Å². The molecule has 6 heterocycles. The van der Waals surface area contributed by atoms with Crippen molar-refractivity contribution in [2.24, 2.45) is 11.3 Å². The fraction of sp³-hybridized carbons (Fsp3) is 0.577. The van der Waals surface area contributed by atoms with Crippen LogP contribution in [0.2, 0.25) is 0 Å². The third-order valence-corrected chi connectivity index (χ3v) is 9.47. The summed E-state index contributed by atoms with van der Waals surface area (Å²) in [4.78, 5) is 29.0. The number of ether oxygens (including phenoxy) is 1. The summed E-state index contributed by atoms with van der Waals surface area (Å²) in [5.74, 6) is 0.0652. The third kappa shape index (κ3) is 1.97. The Morgan fingerprint density at radius 2 is 2.00 bits per heavy atom. The largest absolute Gasteiger partial charge is 0.618 e. The standard InChI is InChI=1S/C26H29N3O5/c1-22(2)10-8-14-16(34-22)7-6-15-18(14)29(33)19-23(3,4)17-12-24-9-5-11-28(24)21(31)25(17,27-20(24)30)13-26(15,19)32/h6-8,10,17,32H,5,9,11-13H2,1-4H3,(H,27,30)/t17-,24-,25-,26+/m0/s1. The number of benzene rings is 1. The Morgan fingerprint density at radius 3 is 2.76 bits per heavy atom. The van der Waals surface area contributed by atoms with Crippen LogP contribution in [0.4, 0.5) is 5.69 Å². The zero-order valence-electron chi connectivity index (χ0n) is 19.9. The molecule has 34 heavy (non-hydrogen) atoms. The van der Waals surface area contributed by atoms with E-state index >= 15 is 0 Å². The van der Waals surface area contributed by atoms with E-state index in [1.165, 1.54) is 0 Å². The molecule has 8 nitrogen and oxygen atoms in total. The summed E-state index contributed by atoms with van der Waals surface area (Å²) >= 11 is 0. The first-order valence-corrected chi connectivity index (χ1v) is 12.2. The molecule has 2 spiro atoms. The van der Waals surface area contributed by atoms with Crippen molar-refractivity contribution in [3.63, 3.8) is 0 Å². The van der Waals surface area contributed by atoms with Gasteiger partial charge in [0.25, 0.3) is 0 Å². The van der Waals surface area contributed by atoms with Gasteiger partial charge in [-0.05, 0) is 71.2 Å². The molecule has 2 amide bonds. The third-order valence-electron chi connectivity index (χ3n) is 9.47. The number of fused-ring (bicyclic) bond motifs is 6. The quantitative estimate of drug-likeness (QED) is 0.454. The Kier molecular flexibility index (Phi) is 3.32. The van der Waals surface area contributed by atoms with E-state index in [0.717, 1.165) is 11.2 Å². The van der Waals surface area contributed by atoms with Crippen LogP contribution in [0, 0.1) is 16.5 Å². The van der Waals surface area contributed by atoms with Gasteiger partial charge in [0.15, 0.2) is 5.60 Å². The highest BCUT2D eigenvalue weighted by Gasteiger charge is 2.79. The molecule has 1 aromatic rings. The number of piperazine rings is 1. The first kappa shape index (κ1) is 20.5. The van der Waals surface area contributed by atoms with Gasteiger partial charge in [-0.1, -0.05) is 0 Å². The zero-order valence-corrected chi connectivity index (χ0v) is 19.9. The van der Waals surface area contributed by atoms with Crippen LogP contribution >= 0.6 is 0 Å². The van der Waals surface area contributed by atoms with Gasteiger partial charge >= 0.3 is 0 Å². The second-order valence-corrected chi connectivity index (χ2v) is 12.1. The lowest BCUT2D eigenvalue weighted by Gasteiger charge is -2.65. The molecule has 2 bridgehead atoms. The summed E-state index contributed by atoms with van der Waals surface area (Å²) in [6, 6.07) is 3.53. The van der Waals surface area contributed by atoms with Crippen molar-refractivity contribution in [2.75, 3.05) is 6.54 Å². The summed E-state index contributed by atoms with van der Waals surface area (Å²) in [5.41, 5.74) is -3.25. The lowest BCUT2D eigenvalue weighted by Crippen LogP contribution is -2.86. The minimum atomic E-state index is -1.67. The highest BCUT2D eigenvalue weighted by atomic mass is 16.5. The maximum Gasteiger partial charge on any atom is 0.249 e. The van der Waals surface area contributed by atoms with Gasteiger partial charge < -0.3 is 25.3 Å². The van der Waals surface area contributed by atoms with Gasteiger partial charge in [0, 0.05) is 18.9 Å². The van der Waals surface area contributed by atoms with Crippen LogP contribution in [0.15, 0.2) is 18.2 Å². The fourth-order valence-electron chi connectivity index (χ4n) is 8.13. The summed E-state index contributed by atoms with van der Waals surface area (Å²) in [6.45, 7) is 8.33. The topological polar surface area (TPSA) is 105 Å². The van der Waals surface area contributed by atoms with Crippen molar-refractivity contribution < 1.29 is 24.2 Å². The molecular weight excluding hydrogens is 434 g/mol. The fourth-order valence-corrected chi connectivity index (χ4v) is 8.13. The highest BCUT2D eigenvalue weighted by molar-refractivity contribution is 6.09. The molecule has 178 valence electrons. The molecule has 4 saturated heterocycles. The van der Waals surface area contributed by atoms with Crippen LogP contribution in [0.5, 0.6) is 5.75 Å². The van der Waals surface area contributed by atoms with Crippen LogP contribution in [0.1, 0.15) is 64.5 Å². The van der Waals surface area contributed by atoms with Crippen molar-refractivity contribution in [3.05, 3.63) is 34.5 Å². The molecule has 6 aliphatic heterocycles. The van der Waals surface area contributed by atoms with Crippen molar-refractivity contribution in [3.8, 4) is 5.75 Å². The van der Waals surface area contributed by atoms with E-state index in [0.29, 0.717) is 47.7 Å². The van der Waals surface area contributed by atoms with E-state index in [-0.39, 0.29) is 24.2 Å². The van der Waals surface area contributed by atoms with Crippen molar-refractivity contribution in [1.29, 1.82) is 0 Å². The normalized spacial score (nSPS) is 39.7. The molecule has 2 N–H and O–H groups in total. The predicted octanol–water partition coefficient (Wildman–Crippen LogP) is 2.33. The van der Waals surface area contributed by atoms with Gasteiger partial charge in [-0.3, -0.25) is 9.59 Å². The summed E-state index contributed by atoms with van der Waals surface area (Å²) in [7, 11) is 0. The van der Waals surface area contributed by atoms with E-state index in [4.69, 9.17) is 4.74 Å². The molecule has 0 unspecified atom stereocenters. The zero-order chi connectivity index (χ0) is 24.1. The van der Waals surface area contributed by atoms with Gasteiger partial charge in [-0.15, -0.1) is 0 Å². The van der Waals surface area contributed by atoms with Crippen molar-refractivity contribution >= 4 is 29.3 Å². The van der Waals surface area contributed by atoms with Gasteiger partial charge in [0.1, 0.15) is 22.4 Å². The molecule has 0 aromatic heterocycles. The molecule has 8 rings (SSSR count). The Morgan fingerprint density at radius 1 is 1.24 bits per heavy atom. The maximum absolute atomic E-state index is 14.0. The number of carbonyl (C=O) groups excluding carboxylic acids is 2. The first-order chi connectivity index (χ1) is 15.9. The molecule has 1 aliphatic carbocycles. The minimum absolute atomic E-state index is 0.0405. The number of rotatable bonds is 0. The van der Waals surface area contributed by atoms with E-state index in [9.17, 15) is 19.9 Å². The van der Waals surface area contributed by atoms with Crippen molar-refractivity contribution in [2.45, 2.75) is 75.7 Å². The molecule has 7 aliphatic rings. The van der Waals surface area contributed by atoms with Crippen LogP contribution in [-0.2, 0) is 15.2 Å². The molecular formula is C26H29N3O5. The predicted molar refractivity (Wildman–Crippen MR) is 123 cm³/mol. The van der Waals surface area contributed by atoms with E-state index in [2.05, 4.69) is 5.32 Å². The molecule has 1 aromatic carbocycles. The number of carbonyl (C=O) groups is 2. The highest BCUT2D eigenvalue weighted by Crippen LogP contribution is 2.64. The van der Waals surface area contributed by atoms with Gasteiger partial charge in [0.2, 0.25) is 23.2 Å². The summed E-state index contributed by atoms with van der Waals surface area (Å²) in [5, 5.41) is 29.4. The Bertz CT molecular complexity index is 1300. The molecule has 1 saturated carbocycles. The summed E-state index contributed by atoms with van der Waals surface area (Å²) < 4.78 is 6.97. The molecule has 8 heteroatoms. The monoisotopic (exact) mass is 463 g/mol. The lowest BCUT2D eigenvalue weighted by atomic mass is 9.47. The first-order valence-electron chi connectivity index (χ1n) is 12.2. The van der Waals surface area contributed by atoms with Gasteiger partial charge in [-0.2, -0.15) is 4.74 Å². The van der Waals surface area contributed by atoms with E-state index in [1.807, 2.05) is 39.8 Å². The molecule has 0 radical (unpaired) electrons. The number of nitrogens with one attached hydrogen (secondary N) is 1. The van der Waals surface area contributed by atoms with E-state index in [1.54, 1.807) is 17.0 Å². The van der Waals surface area contributed by atoms with Crippen LogP contribution in [-0.4, -0.2) is 55.5 Å². The average molecular weight is 464 g/mol. The number of piperidine rings is 2. The average Bonchev–Trinajstić information content (AvgIpc) is 3.27. The van der Waals surface area contributed by atoms with E-state index < -0.39 is 27.7 Å². The SMILES string of the molecule is CC1(C)C=Cc2c(ccc3c2[N+]([O-])=C2C(C)(C)[C@@H]4C[C@]56CCCN5C(=O)[C@@]4(C[C@]23O)NC6=O)O1. The second kappa shape index (κ2) is 5.51.